The third kappa shape index (κ3) is 3.33. The molecule has 0 radical (unpaired) electrons. The minimum Gasteiger partial charge on any atom is -0.322 e. The van der Waals surface area contributed by atoms with Crippen molar-refractivity contribution in [2.45, 2.75) is 0 Å². The highest BCUT2D eigenvalue weighted by atomic mass is 16.6. The van der Waals surface area contributed by atoms with Crippen molar-refractivity contribution in [3.05, 3.63) is 89.5 Å². The zero-order valence-corrected chi connectivity index (χ0v) is 14.3. The second-order valence-electron chi connectivity index (χ2n) is 5.77. The fourth-order valence-corrected chi connectivity index (χ4v) is 2.67. The van der Waals surface area contributed by atoms with Gasteiger partial charge in [0.05, 0.1) is 16.9 Å². The summed E-state index contributed by atoms with van der Waals surface area (Å²) in [6.45, 7) is 0. The van der Waals surface area contributed by atoms with Gasteiger partial charge < -0.3 is 9.88 Å². The molecule has 1 amide bonds. The number of aromatic nitrogens is 5. The Balaban J connectivity index is 1.56. The Morgan fingerprint density at radius 3 is 2.54 bits per heavy atom. The lowest BCUT2D eigenvalue weighted by molar-refractivity contribution is -0.384. The van der Waals surface area contributed by atoms with Crippen LogP contribution in [0.2, 0.25) is 0 Å². The van der Waals surface area contributed by atoms with Gasteiger partial charge in [-0.15, -0.1) is 0 Å². The van der Waals surface area contributed by atoms with Crippen LogP contribution in [0, 0.1) is 10.1 Å². The molecule has 2 heterocycles. The van der Waals surface area contributed by atoms with Crippen LogP contribution in [0.5, 0.6) is 0 Å². The lowest BCUT2D eigenvalue weighted by Crippen LogP contribution is -2.13. The van der Waals surface area contributed by atoms with Crippen molar-refractivity contribution in [2.24, 2.45) is 0 Å². The van der Waals surface area contributed by atoms with Gasteiger partial charge in [-0.25, -0.2) is 14.6 Å². The second-order valence-corrected chi connectivity index (χ2v) is 5.77. The van der Waals surface area contributed by atoms with Crippen molar-refractivity contribution in [1.82, 2.24) is 24.3 Å². The largest absolute Gasteiger partial charge is 0.322 e. The van der Waals surface area contributed by atoms with Crippen LogP contribution in [0.4, 0.5) is 11.4 Å². The third-order valence-electron chi connectivity index (χ3n) is 4.03. The Kier molecular flexibility index (Phi) is 4.34. The summed E-state index contributed by atoms with van der Waals surface area (Å²) in [6.07, 6.45) is 7.56. The van der Waals surface area contributed by atoms with Gasteiger partial charge in [-0.1, -0.05) is 0 Å². The standard InChI is InChI=1S/C18H13N7O3/c26-18(22-14-2-4-15(5-3-14)24-12-20-10-21-24)13-1-6-16(17(9-13)25(27)28)23-8-7-19-11-23/h1-12H,(H,22,26). The number of carbonyl (C=O) groups is 1. The third-order valence-corrected chi connectivity index (χ3v) is 4.03. The van der Waals surface area contributed by atoms with Gasteiger partial charge in [-0.2, -0.15) is 5.10 Å². The van der Waals surface area contributed by atoms with Gasteiger partial charge in [0, 0.05) is 29.7 Å². The first-order chi connectivity index (χ1) is 13.6. The molecule has 0 atom stereocenters. The van der Waals surface area contributed by atoms with E-state index in [0.717, 1.165) is 5.69 Å². The number of nitro groups is 1. The summed E-state index contributed by atoms with van der Waals surface area (Å²) in [7, 11) is 0. The van der Waals surface area contributed by atoms with Gasteiger partial charge in [0.15, 0.2) is 0 Å². The molecule has 0 unspecified atom stereocenters. The molecule has 0 spiro atoms. The minimum absolute atomic E-state index is 0.177. The number of hydrogen-bond acceptors (Lipinski definition) is 6. The van der Waals surface area contributed by atoms with Gasteiger partial charge in [0.2, 0.25) is 0 Å². The van der Waals surface area contributed by atoms with Gasteiger partial charge in [-0.3, -0.25) is 14.9 Å². The molecular formula is C18H13N7O3. The molecular weight excluding hydrogens is 362 g/mol. The fraction of sp³-hybridized carbons (Fsp3) is 0. The molecule has 0 fully saturated rings. The average molecular weight is 375 g/mol. The Bertz CT molecular complexity index is 1120. The smallest absolute Gasteiger partial charge is 0.294 e. The van der Waals surface area contributed by atoms with Crippen LogP contribution in [-0.4, -0.2) is 35.1 Å². The SMILES string of the molecule is O=C(Nc1ccc(-n2cncn2)cc1)c1ccc(-n2ccnc2)c([N+](=O)[O-])c1. The molecule has 0 aliphatic heterocycles. The normalized spacial score (nSPS) is 10.6. The number of carbonyl (C=O) groups excluding carboxylic acids is 1. The van der Waals surface area contributed by atoms with Crippen molar-refractivity contribution in [3.8, 4) is 11.4 Å². The summed E-state index contributed by atoms with van der Waals surface area (Å²) in [5.74, 6) is -0.450. The van der Waals surface area contributed by atoms with E-state index >= 15 is 0 Å². The topological polar surface area (TPSA) is 121 Å². The molecule has 138 valence electrons. The summed E-state index contributed by atoms with van der Waals surface area (Å²) in [5, 5.41) is 18.2. The van der Waals surface area contributed by atoms with E-state index in [0.29, 0.717) is 11.4 Å². The van der Waals surface area contributed by atoms with Crippen LogP contribution in [-0.2, 0) is 0 Å². The molecule has 4 rings (SSSR count). The highest BCUT2D eigenvalue weighted by molar-refractivity contribution is 6.05. The Labute approximate surface area is 158 Å². The first kappa shape index (κ1) is 17.1. The van der Waals surface area contributed by atoms with Gasteiger partial charge in [0.25, 0.3) is 11.6 Å². The summed E-state index contributed by atoms with van der Waals surface area (Å²) in [5.41, 5.74) is 1.66. The number of rotatable bonds is 5. The Morgan fingerprint density at radius 1 is 1.07 bits per heavy atom. The number of nitrogens with zero attached hydrogens (tertiary/aromatic N) is 6. The summed E-state index contributed by atoms with van der Waals surface area (Å²) in [6, 6.07) is 11.3. The van der Waals surface area contributed by atoms with Crippen molar-refractivity contribution in [1.29, 1.82) is 0 Å². The van der Waals surface area contributed by atoms with E-state index in [1.807, 2.05) is 0 Å². The molecule has 10 heteroatoms. The first-order valence-electron chi connectivity index (χ1n) is 8.15. The maximum atomic E-state index is 12.5. The molecule has 0 bridgehead atoms. The quantitative estimate of drug-likeness (QED) is 0.423. The highest BCUT2D eigenvalue weighted by Gasteiger charge is 2.19. The molecule has 0 saturated carbocycles. The van der Waals surface area contributed by atoms with Crippen LogP contribution in [0.25, 0.3) is 11.4 Å². The zero-order valence-electron chi connectivity index (χ0n) is 14.3. The van der Waals surface area contributed by atoms with Crippen molar-refractivity contribution < 1.29 is 9.72 Å². The van der Waals surface area contributed by atoms with Crippen molar-refractivity contribution >= 4 is 17.3 Å². The predicted molar refractivity (Wildman–Crippen MR) is 99.5 cm³/mol. The van der Waals surface area contributed by atoms with Crippen LogP contribution < -0.4 is 5.32 Å². The van der Waals surface area contributed by atoms with E-state index in [-0.39, 0.29) is 11.3 Å². The number of anilines is 1. The predicted octanol–water partition coefficient (Wildman–Crippen LogP) is 2.61. The van der Waals surface area contributed by atoms with E-state index in [2.05, 4.69) is 20.4 Å². The number of imidazole rings is 1. The van der Waals surface area contributed by atoms with E-state index in [1.54, 1.807) is 41.5 Å². The highest BCUT2D eigenvalue weighted by Crippen LogP contribution is 2.25. The Morgan fingerprint density at radius 2 is 1.89 bits per heavy atom. The molecule has 10 nitrogen and oxygen atoms in total. The summed E-state index contributed by atoms with van der Waals surface area (Å²) in [4.78, 5) is 31.2. The van der Waals surface area contributed by atoms with E-state index < -0.39 is 10.8 Å². The monoisotopic (exact) mass is 375 g/mol. The molecule has 0 saturated heterocycles. The summed E-state index contributed by atoms with van der Waals surface area (Å²) < 4.78 is 3.10. The van der Waals surface area contributed by atoms with E-state index in [4.69, 9.17) is 0 Å². The van der Waals surface area contributed by atoms with E-state index in [9.17, 15) is 14.9 Å². The van der Waals surface area contributed by atoms with E-state index in [1.165, 1.54) is 41.6 Å². The Hall–Kier alpha value is -4.34. The molecule has 0 aliphatic rings. The van der Waals surface area contributed by atoms with Crippen molar-refractivity contribution in [2.75, 3.05) is 5.32 Å². The molecule has 1 N–H and O–H groups in total. The van der Waals surface area contributed by atoms with Crippen LogP contribution in [0.3, 0.4) is 0 Å². The number of amides is 1. The fourth-order valence-electron chi connectivity index (χ4n) is 2.67. The van der Waals surface area contributed by atoms with Gasteiger partial charge in [0.1, 0.15) is 18.3 Å². The molecule has 0 aliphatic carbocycles. The zero-order chi connectivity index (χ0) is 19.5. The minimum atomic E-state index is -0.529. The summed E-state index contributed by atoms with van der Waals surface area (Å²) >= 11 is 0. The van der Waals surface area contributed by atoms with Crippen LogP contribution in [0.15, 0.2) is 73.8 Å². The van der Waals surface area contributed by atoms with Gasteiger partial charge >= 0.3 is 0 Å². The maximum Gasteiger partial charge on any atom is 0.294 e. The lowest BCUT2D eigenvalue weighted by Gasteiger charge is -2.08. The molecule has 4 aromatic rings. The molecule has 2 aromatic carbocycles. The van der Waals surface area contributed by atoms with Crippen LogP contribution in [0.1, 0.15) is 10.4 Å². The molecule has 28 heavy (non-hydrogen) atoms. The number of nitrogens with one attached hydrogen (secondary N) is 1. The molecule has 2 aromatic heterocycles. The number of benzene rings is 2. The van der Waals surface area contributed by atoms with Crippen molar-refractivity contribution in [3.63, 3.8) is 0 Å². The first-order valence-corrected chi connectivity index (χ1v) is 8.15. The maximum absolute atomic E-state index is 12.5. The second kappa shape index (κ2) is 7.11. The number of hydrogen-bond donors (Lipinski definition) is 1. The van der Waals surface area contributed by atoms with Gasteiger partial charge in [-0.05, 0) is 36.4 Å². The average Bonchev–Trinajstić information content (AvgIpc) is 3.42. The number of nitro benzene ring substituents is 1. The lowest BCUT2D eigenvalue weighted by atomic mass is 10.1. The van der Waals surface area contributed by atoms with Crippen LogP contribution >= 0.6 is 0 Å².